The Labute approximate surface area is 388 Å². The molecule has 0 amide bonds. The molecule has 4 aromatic rings. The van der Waals surface area contributed by atoms with Crippen LogP contribution >= 0.6 is 0 Å². The van der Waals surface area contributed by atoms with Crippen molar-refractivity contribution < 1.29 is 118 Å². The van der Waals surface area contributed by atoms with Gasteiger partial charge >= 0.3 is 5.97 Å². The van der Waals surface area contributed by atoms with Crippen LogP contribution < -0.4 is 24.4 Å². The van der Waals surface area contributed by atoms with Crippen molar-refractivity contribution in [2.45, 2.75) is 92.1 Å². The summed E-state index contributed by atoms with van der Waals surface area (Å²) in [5, 5.41) is 136. The minimum atomic E-state index is -2.02. The Balaban J connectivity index is 1.24. The van der Waals surface area contributed by atoms with Gasteiger partial charge in [0.1, 0.15) is 89.3 Å². The molecule has 4 heterocycles. The molecule has 15 atom stereocenters. The second-order valence-electron chi connectivity index (χ2n) is 15.9. The van der Waals surface area contributed by atoms with Gasteiger partial charge < -0.3 is 113 Å². The maximum Gasteiger partial charge on any atom is 0.331 e. The van der Waals surface area contributed by atoms with Gasteiger partial charge in [-0.15, -0.1) is 0 Å². The first kappa shape index (κ1) is 51.0. The fraction of sp³-hybridized carbons (Fsp3) is 0.455. The van der Waals surface area contributed by atoms with Gasteiger partial charge in [-0.05, 0) is 48.0 Å². The lowest BCUT2D eigenvalue weighted by molar-refractivity contribution is -0.357. The van der Waals surface area contributed by atoms with E-state index < -0.39 is 152 Å². The number of rotatable bonds is 15. The summed E-state index contributed by atoms with van der Waals surface area (Å²) < 4.78 is 56.3. The van der Waals surface area contributed by atoms with Gasteiger partial charge in [-0.1, -0.05) is 0 Å². The van der Waals surface area contributed by atoms with Crippen LogP contribution in [-0.2, 0) is 28.5 Å². The highest BCUT2D eigenvalue weighted by molar-refractivity contribution is 5.89. The molecule has 3 aliphatic rings. The lowest BCUT2D eigenvalue weighted by atomic mass is 9.97. The van der Waals surface area contributed by atoms with E-state index in [1.165, 1.54) is 56.7 Å². The first-order chi connectivity index (χ1) is 32.9. The summed E-state index contributed by atoms with van der Waals surface area (Å²) in [6, 6.07) is 9.65. The van der Waals surface area contributed by atoms with Crippen molar-refractivity contribution in [2.24, 2.45) is 0 Å². The summed E-state index contributed by atoms with van der Waals surface area (Å²) in [5.74, 6) is -4.12. The average Bonchev–Trinajstić information content (AvgIpc) is 3.33. The number of hydrogen-bond acceptors (Lipinski definition) is 25. The molecule has 25 heteroatoms. The fourth-order valence-electron chi connectivity index (χ4n) is 7.74. The van der Waals surface area contributed by atoms with Crippen molar-refractivity contribution in [1.29, 1.82) is 0 Å². The number of aliphatic hydroxyl groups excluding tert-OH is 10. The van der Waals surface area contributed by atoms with Crippen molar-refractivity contribution >= 4 is 23.0 Å². The van der Waals surface area contributed by atoms with E-state index in [9.17, 15) is 76.0 Å². The molecule has 3 fully saturated rings. The third-order valence-electron chi connectivity index (χ3n) is 11.5. The van der Waals surface area contributed by atoms with Gasteiger partial charge in [0.15, 0.2) is 35.8 Å². The van der Waals surface area contributed by atoms with E-state index in [0.29, 0.717) is 0 Å². The van der Waals surface area contributed by atoms with Gasteiger partial charge in [-0.2, -0.15) is 0 Å². The number of ether oxygens (including phenoxy) is 9. The van der Waals surface area contributed by atoms with E-state index in [-0.39, 0.29) is 39.9 Å². The number of methoxy groups -OCH3 is 2. The van der Waals surface area contributed by atoms with Crippen LogP contribution in [0.5, 0.6) is 40.2 Å². The molecular weight excluding hydrogens is 928 g/mol. The van der Waals surface area contributed by atoms with E-state index in [4.69, 9.17) is 47.0 Å². The Bertz CT molecular complexity index is 2490. The molecule has 69 heavy (non-hydrogen) atoms. The molecular formula is C44H50O25. The normalized spacial score (nSPS) is 31.6. The second kappa shape index (κ2) is 21.4. The number of benzene rings is 3. The van der Waals surface area contributed by atoms with Gasteiger partial charge in [-0.25, -0.2) is 4.79 Å². The lowest BCUT2D eigenvalue weighted by Crippen LogP contribution is -2.65. The summed E-state index contributed by atoms with van der Waals surface area (Å²) in [6.45, 7) is -2.62. The minimum Gasteiger partial charge on any atom is -0.508 e. The standard InChI is InChI=1S/C44H50O25/c1-60-22-9-16(10-23(61-2)29(22)51)3-8-27(50)67-40-35(57)31(53)26(15-47)66-44(40)68-39-33(55)28-20(49)11-19(12-21(28)63-38(39)17-4-6-18(48)7-5-17)62-43-41(36(58)32(54)25(14-46)65-43)69-42-37(59)34(56)30(52)24(13-45)64-42/h3-12,24-26,30-32,34-37,40-49,51-54,56-59H,13-15H2,1-2H3/b8-3+/t24-,25+,26+,30+,31+,32+,34-,35-,36-,37+,40+,41-,42-,43+,44-/m0/s1. The molecule has 0 radical (unpaired) electrons. The van der Waals surface area contributed by atoms with Crippen LogP contribution in [0.25, 0.3) is 28.4 Å². The second-order valence-corrected chi connectivity index (χ2v) is 15.9. The summed E-state index contributed by atoms with van der Waals surface area (Å²) in [4.78, 5) is 27.8. The number of fused-ring (bicyclic) bond motifs is 1. The predicted octanol–water partition coefficient (Wildman–Crippen LogP) is -2.96. The van der Waals surface area contributed by atoms with Gasteiger partial charge in [0.2, 0.25) is 29.5 Å². The summed E-state index contributed by atoms with van der Waals surface area (Å²) in [7, 11) is 2.57. The van der Waals surface area contributed by atoms with Crippen molar-refractivity contribution in [3.05, 3.63) is 70.4 Å². The maximum atomic E-state index is 14.5. The highest BCUT2D eigenvalue weighted by Crippen LogP contribution is 2.40. The Kier molecular flexibility index (Phi) is 15.8. The summed E-state index contributed by atoms with van der Waals surface area (Å²) in [6.07, 6.45) is -25.3. The topological polar surface area (TPSA) is 393 Å². The molecule has 376 valence electrons. The number of phenols is 3. The molecule has 3 aliphatic heterocycles. The third-order valence-corrected chi connectivity index (χ3v) is 11.5. The molecule has 3 saturated heterocycles. The van der Waals surface area contributed by atoms with Gasteiger partial charge in [0.05, 0.1) is 34.0 Å². The van der Waals surface area contributed by atoms with E-state index in [2.05, 4.69) is 0 Å². The average molecular weight is 979 g/mol. The van der Waals surface area contributed by atoms with E-state index in [0.717, 1.165) is 18.2 Å². The maximum absolute atomic E-state index is 14.5. The third kappa shape index (κ3) is 10.4. The van der Waals surface area contributed by atoms with Crippen LogP contribution in [0, 0.1) is 0 Å². The predicted molar refractivity (Wildman–Crippen MR) is 227 cm³/mol. The molecule has 0 spiro atoms. The zero-order chi connectivity index (χ0) is 50.0. The summed E-state index contributed by atoms with van der Waals surface area (Å²) in [5.41, 5.74) is -1.25. The monoisotopic (exact) mass is 978 g/mol. The van der Waals surface area contributed by atoms with E-state index in [1.54, 1.807) is 0 Å². The zero-order valence-corrected chi connectivity index (χ0v) is 36.3. The molecule has 0 aliphatic carbocycles. The van der Waals surface area contributed by atoms with Crippen LogP contribution in [0.3, 0.4) is 0 Å². The van der Waals surface area contributed by atoms with Gasteiger partial charge in [0, 0.05) is 23.8 Å². The first-order valence-electron chi connectivity index (χ1n) is 20.9. The Hall–Kier alpha value is -5.88. The number of hydrogen-bond donors (Lipinski definition) is 13. The largest absolute Gasteiger partial charge is 0.508 e. The van der Waals surface area contributed by atoms with Crippen molar-refractivity contribution in [1.82, 2.24) is 0 Å². The van der Waals surface area contributed by atoms with Gasteiger partial charge in [0.25, 0.3) is 0 Å². The quantitative estimate of drug-likeness (QED) is 0.0418. The lowest BCUT2D eigenvalue weighted by Gasteiger charge is -2.45. The van der Waals surface area contributed by atoms with Crippen LogP contribution in [0.2, 0.25) is 0 Å². The Morgan fingerprint density at radius 2 is 1.19 bits per heavy atom. The number of carbonyl (C=O) groups is 1. The molecule has 1 aromatic heterocycles. The Morgan fingerprint density at radius 1 is 0.652 bits per heavy atom. The van der Waals surface area contributed by atoms with Gasteiger partial charge in [-0.3, -0.25) is 4.79 Å². The molecule has 3 aromatic carbocycles. The summed E-state index contributed by atoms with van der Waals surface area (Å²) >= 11 is 0. The molecule has 0 saturated carbocycles. The first-order valence-corrected chi connectivity index (χ1v) is 20.9. The minimum absolute atomic E-state index is 0.00177. The number of esters is 1. The number of carbonyl (C=O) groups excluding carboxylic acids is 1. The number of phenolic OH excluding ortho intramolecular Hbond substituents is 3. The molecule has 25 nitrogen and oxygen atoms in total. The molecule has 7 rings (SSSR count). The van der Waals surface area contributed by atoms with Crippen LogP contribution in [-0.4, -0.2) is 199 Å². The zero-order valence-electron chi connectivity index (χ0n) is 36.3. The van der Waals surface area contributed by atoms with E-state index in [1.807, 2.05) is 0 Å². The van der Waals surface area contributed by atoms with Crippen LogP contribution in [0.1, 0.15) is 5.56 Å². The fourth-order valence-corrected chi connectivity index (χ4v) is 7.74. The SMILES string of the molecule is COc1cc(/C=C/C(=O)O[C@H]2[C@H](Oc3c(-c4ccc(O)cc4)oc4cc(O[C@@H]5O[C@H](CO)[C@@H](O)[C@H](O)[C@@H]5O[C@@H]5O[C@@H](CO)[C@@H](O)[C@H](O)[C@H]5O)cc(O)c4c3=O)O[C@H](CO)[C@@H](O)[C@@H]2O)cc(OC)c1O. The molecule has 0 bridgehead atoms. The van der Waals surface area contributed by atoms with Crippen LogP contribution in [0.4, 0.5) is 0 Å². The van der Waals surface area contributed by atoms with Crippen LogP contribution in [0.15, 0.2) is 63.8 Å². The highest BCUT2D eigenvalue weighted by Gasteiger charge is 2.52. The number of aromatic hydroxyl groups is 3. The Morgan fingerprint density at radius 3 is 1.75 bits per heavy atom. The van der Waals surface area contributed by atoms with Crippen molar-refractivity contribution in [3.63, 3.8) is 0 Å². The van der Waals surface area contributed by atoms with Crippen molar-refractivity contribution in [2.75, 3.05) is 34.0 Å². The number of aliphatic hydroxyl groups is 10. The van der Waals surface area contributed by atoms with E-state index >= 15 is 0 Å². The molecule has 0 unspecified atom stereocenters. The smallest absolute Gasteiger partial charge is 0.331 e. The highest BCUT2D eigenvalue weighted by atomic mass is 16.8. The van der Waals surface area contributed by atoms with Crippen molar-refractivity contribution in [3.8, 4) is 51.6 Å². The molecule has 13 N–H and O–H groups in total.